The molecule has 1 aliphatic carbocycles. The number of H-pyrrole nitrogens is 1. The monoisotopic (exact) mass is 410 g/mol. The highest BCUT2D eigenvalue weighted by Gasteiger charge is 2.35. The van der Waals surface area contributed by atoms with Gasteiger partial charge in [-0.05, 0) is 65.6 Å². The number of aromatic nitrogens is 1. The molecule has 32 heavy (non-hydrogen) atoms. The minimum Gasteiger partial charge on any atom is -0.354 e. The van der Waals surface area contributed by atoms with Crippen LogP contribution in [-0.2, 0) is 0 Å². The molecule has 2 heteroatoms. The maximum absolute atomic E-state index is 3.59. The zero-order valence-electron chi connectivity index (χ0n) is 17.6. The first kappa shape index (κ1) is 17.6. The van der Waals surface area contributed by atoms with E-state index in [1.807, 2.05) is 0 Å². The summed E-state index contributed by atoms with van der Waals surface area (Å²) in [7, 11) is 0. The van der Waals surface area contributed by atoms with Crippen molar-refractivity contribution in [2.45, 2.75) is 12.3 Å². The SMILES string of the molecule is C1=CCC2C(=C1)N(c1ccccc1)c1ccc(-c3cccc4[nH]c5ccccc5c34)cc12. The molecule has 0 saturated carbocycles. The number of nitrogens with one attached hydrogen (secondary N) is 1. The second-order valence-corrected chi connectivity index (χ2v) is 8.65. The Balaban J connectivity index is 1.45. The molecule has 2 aliphatic rings. The van der Waals surface area contributed by atoms with Gasteiger partial charge in [-0.2, -0.15) is 0 Å². The van der Waals surface area contributed by atoms with Crippen LogP contribution >= 0.6 is 0 Å². The van der Waals surface area contributed by atoms with E-state index in [0.29, 0.717) is 5.92 Å². The number of hydrogen-bond acceptors (Lipinski definition) is 1. The molecule has 1 unspecified atom stereocenters. The third-order valence-corrected chi connectivity index (χ3v) is 6.89. The molecule has 0 bridgehead atoms. The van der Waals surface area contributed by atoms with Crippen molar-refractivity contribution in [1.82, 2.24) is 4.98 Å². The molecule has 1 N–H and O–H groups in total. The van der Waals surface area contributed by atoms with Gasteiger partial charge in [-0.3, -0.25) is 0 Å². The molecule has 5 aromatic rings. The number of fused-ring (bicyclic) bond motifs is 6. The predicted molar refractivity (Wildman–Crippen MR) is 134 cm³/mol. The fourth-order valence-electron chi connectivity index (χ4n) is 5.49. The van der Waals surface area contributed by atoms with Crippen molar-refractivity contribution in [1.29, 1.82) is 0 Å². The predicted octanol–water partition coefficient (Wildman–Crippen LogP) is 8.07. The summed E-state index contributed by atoms with van der Waals surface area (Å²) in [5.41, 5.74) is 10.3. The lowest BCUT2D eigenvalue weighted by molar-refractivity contribution is 0.820. The summed E-state index contributed by atoms with van der Waals surface area (Å²) in [6.07, 6.45) is 7.81. The van der Waals surface area contributed by atoms with Gasteiger partial charge >= 0.3 is 0 Å². The van der Waals surface area contributed by atoms with Crippen molar-refractivity contribution >= 4 is 33.2 Å². The average Bonchev–Trinajstić information content (AvgIpc) is 3.40. The third kappa shape index (κ3) is 2.47. The Hall–Kier alpha value is -4.04. The lowest BCUT2D eigenvalue weighted by Crippen LogP contribution is -2.14. The highest BCUT2D eigenvalue weighted by Crippen LogP contribution is 2.51. The minimum absolute atomic E-state index is 0.400. The highest BCUT2D eigenvalue weighted by molar-refractivity contribution is 6.14. The summed E-state index contributed by atoms with van der Waals surface area (Å²) in [6, 6.07) is 32.9. The lowest BCUT2D eigenvalue weighted by atomic mass is 9.89. The van der Waals surface area contributed by atoms with Crippen LogP contribution in [0, 0.1) is 0 Å². The van der Waals surface area contributed by atoms with Gasteiger partial charge in [0.15, 0.2) is 0 Å². The molecule has 0 amide bonds. The molecule has 0 fully saturated rings. The number of para-hydroxylation sites is 2. The number of anilines is 2. The van der Waals surface area contributed by atoms with E-state index in [-0.39, 0.29) is 0 Å². The number of hydrogen-bond donors (Lipinski definition) is 1. The van der Waals surface area contributed by atoms with Gasteiger partial charge < -0.3 is 9.88 Å². The maximum atomic E-state index is 3.59. The number of rotatable bonds is 2. The van der Waals surface area contributed by atoms with E-state index in [0.717, 1.165) is 6.42 Å². The van der Waals surface area contributed by atoms with Crippen LogP contribution in [0.1, 0.15) is 17.9 Å². The van der Waals surface area contributed by atoms with Gasteiger partial charge in [-0.1, -0.05) is 66.7 Å². The topological polar surface area (TPSA) is 19.0 Å². The van der Waals surface area contributed by atoms with Gasteiger partial charge in [0.1, 0.15) is 0 Å². The molecule has 1 aliphatic heterocycles. The molecule has 2 nitrogen and oxygen atoms in total. The zero-order valence-corrected chi connectivity index (χ0v) is 17.6. The molecular weight excluding hydrogens is 388 g/mol. The molecule has 2 heterocycles. The Morgan fingerprint density at radius 3 is 2.56 bits per heavy atom. The molecule has 152 valence electrons. The van der Waals surface area contributed by atoms with Crippen LogP contribution in [0.3, 0.4) is 0 Å². The van der Waals surface area contributed by atoms with E-state index >= 15 is 0 Å². The summed E-state index contributed by atoms with van der Waals surface area (Å²) in [4.78, 5) is 6.02. The summed E-state index contributed by atoms with van der Waals surface area (Å²) in [5.74, 6) is 0.400. The second kappa shape index (κ2) is 6.73. The van der Waals surface area contributed by atoms with Crippen LogP contribution < -0.4 is 4.90 Å². The molecule has 7 rings (SSSR count). The molecule has 0 spiro atoms. The zero-order chi connectivity index (χ0) is 21.1. The van der Waals surface area contributed by atoms with Crippen molar-refractivity contribution in [2.24, 2.45) is 0 Å². The fraction of sp³-hybridized carbons (Fsp3) is 0.0667. The van der Waals surface area contributed by atoms with E-state index in [2.05, 4.69) is 119 Å². The van der Waals surface area contributed by atoms with Crippen molar-refractivity contribution in [3.63, 3.8) is 0 Å². The summed E-state index contributed by atoms with van der Waals surface area (Å²) in [6.45, 7) is 0. The quantitative estimate of drug-likeness (QED) is 0.312. The molecule has 0 saturated heterocycles. The van der Waals surface area contributed by atoms with Crippen molar-refractivity contribution < 1.29 is 0 Å². The third-order valence-electron chi connectivity index (χ3n) is 6.89. The fourth-order valence-corrected chi connectivity index (χ4v) is 5.49. The lowest BCUT2D eigenvalue weighted by Gasteiger charge is -2.24. The summed E-state index contributed by atoms with van der Waals surface area (Å²) < 4.78 is 0. The molecule has 1 atom stereocenters. The Morgan fingerprint density at radius 1 is 0.781 bits per heavy atom. The van der Waals surface area contributed by atoms with Crippen LogP contribution in [0.2, 0.25) is 0 Å². The van der Waals surface area contributed by atoms with Crippen LogP contribution in [0.25, 0.3) is 32.9 Å². The van der Waals surface area contributed by atoms with E-state index in [4.69, 9.17) is 0 Å². The van der Waals surface area contributed by atoms with Gasteiger partial charge in [-0.25, -0.2) is 0 Å². The number of aromatic amines is 1. The average molecular weight is 411 g/mol. The van der Waals surface area contributed by atoms with E-state index in [9.17, 15) is 0 Å². The maximum Gasteiger partial charge on any atom is 0.0497 e. The van der Waals surface area contributed by atoms with Gasteiger partial charge in [0.05, 0.1) is 0 Å². The molecular formula is C30H22N2. The number of allylic oxidation sites excluding steroid dienone is 4. The van der Waals surface area contributed by atoms with Crippen molar-refractivity contribution in [3.05, 3.63) is 120 Å². The van der Waals surface area contributed by atoms with Gasteiger partial charge in [0.2, 0.25) is 0 Å². The van der Waals surface area contributed by atoms with Crippen molar-refractivity contribution in [2.75, 3.05) is 4.90 Å². The van der Waals surface area contributed by atoms with Crippen LogP contribution in [-0.4, -0.2) is 4.98 Å². The largest absolute Gasteiger partial charge is 0.354 e. The van der Waals surface area contributed by atoms with Crippen LogP contribution in [0.4, 0.5) is 11.4 Å². The van der Waals surface area contributed by atoms with Crippen LogP contribution in [0.15, 0.2) is 115 Å². The number of nitrogens with zero attached hydrogens (tertiary/aromatic N) is 1. The Bertz CT molecular complexity index is 1550. The minimum atomic E-state index is 0.400. The van der Waals surface area contributed by atoms with Gasteiger partial charge in [0, 0.05) is 44.8 Å². The van der Waals surface area contributed by atoms with E-state index in [1.165, 1.54) is 55.6 Å². The molecule has 0 radical (unpaired) electrons. The second-order valence-electron chi connectivity index (χ2n) is 8.65. The summed E-state index contributed by atoms with van der Waals surface area (Å²) in [5, 5.41) is 2.59. The van der Waals surface area contributed by atoms with Crippen molar-refractivity contribution in [3.8, 4) is 11.1 Å². The standard InChI is InChI=1S/C30H22N2/c1-2-9-21(10-3-1)32-28-16-7-5-11-23(28)25-19-20(17-18-29(25)32)22-13-8-15-27-30(22)24-12-4-6-14-26(24)31-27/h1-10,12-19,23,31H,11H2. The van der Waals surface area contributed by atoms with Gasteiger partial charge in [0.25, 0.3) is 0 Å². The van der Waals surface area contributed by atoms with Crippen LogP contribution in [0.5, 0.6) is 0 Å². The number of benzene rings is 4. The normalized spacial score (nSPS) is 16.9. The van der Waals surface area contributed by atoms with Gasteiger partial charge in [-0.15, -0.1) is 0 Å². The smallest absolute Gasteiger partial charge is 0.0497 e. The Morgan fingerprint density at radius 2 is 1.62 bits per heavy atom. The molecule has 4 aromatic carbocycles. The Kier molecular flexibility index (Phi) is 3.71. The first-order chi connectivity index (χ1) is 15.9. The highest BCUT2D eigenvalue weighted by atomic mass is 15.2. The Labute approximate surface area is 187 Å². The van der Waals surface area contributed by atoms with E-state index in [1.54, 1.807) is 0 Å². The molecule has 1 aromatic heterocycles. The summed E-state index contributed by atoms with van der Waals surface area (Å²) >= 11 is 0. The van der Waals surface area contributed by atoms with E-state index < -0.39 is 0 Å². The first-order valence-electron chi connectivity index (χ1n) is 11.2. The first-order valence-corrected chi connectivity index (χ1v) is 11.2.